The lowest BCUT2D eigenvalue weighted by molar-refractivity contribution is -0.144. The van der Waals surface area contributed by atoms with E-state index in [1.165, 1.54) is 0 Å². The van der Waals surface area contributed by atoms with Crippen LogP contribution in [0.5, 0.6) is 11.5 Å². The van der Waals surface area contributed by atoms with Gasteiger partial charge < -0.3 is 24.6 Å². The van der Waals surface area contributed by atoms with Gasteiger partial charge in [-0.3, -0.25) is 9.69 Å². The number of piperidine rings is 1. The van der Waals surface area contributed by atoms with Crippen molar-refractivity contribution in [2.75, 3.05) is 39.9 Å². The molecule has 2 fully saturated rings. The number of nitrogens with zero attached hydrogens (tertiary/aromatic N) is 2. The molecule has 2 N–H and O–H groups in total. The minimum Gasteiger partial charge on any atom is -0.496 e. The highest BCUT2D eigenvalue weighted by Crippen LogP contribution is 2.35. The molecule has 7 nitrogen and oxygen atoms in total. The minimum atomic E-state index is -0.776. The number of carboxylic acids is 1. The van der Waals surface area contributed by atoms with E-state index in [9.17, 15) is 15.0 Å². The van der Waals surface area contributed by atoms with Gasteiger partial charge in [0.2, 0.25) is 0 Å². The fraction of sp³-hybridized carbons (Fsp3) is 0.432. The fourth-order valence-corrected chi connectivity index (χ4v) is 6.83. The van der Waals surface area contributed by atoms with E-state index < -0.39 is 12.0 Å². The third-order valence-electron chi connectivity index (χ3n) is 9.19. The smallest absolute Gasteiger partial charge is 0.320 e. The van der Waals surface area contributed by atoms with Gasteiger partial charge in [0.25, 0.3) is 0 Å². The summed E-state index contributed by atoms with van der Waals surface area (Å²) in [6, 6.07) is 15.9. The summed E-state index contributed by atoms with van der Waals surface area (Å²) < 4.78 is 11.9. The first kappa shape index (κ1) is 33.0. The molecule has 3 aromatic rings. The second kappa shape index (κ2) is 15.3. The zero-order chi connectivity index (χ0) is 31.9. The highest BCUT2D eigenvalue weighted by atomic mass is 35.5. The van der Waals surface area contributed by atoms with E-state index >= 15 is 0 Å². The summed E-state index contributed by atoms with van der Waals surface area (Å²) in [5.74, 6) is 0.818. The van der Waals surface area contributed by atoms with Crippen LogP contribution in [-0.4, -0.2) is 78.0 Å². The third kappa shape index (κ3) is 8.08. The summed E-state index contributed by atoms with van der Waals surface area (Å²) in [6.45, 7) is 8.76. The van der Waals surface area contributed by atoms with Crippen LogP contribution < -0.4 is 9.47 Å². The number of aliphatic hydroxyl groups is 1. The first-order valence-electron chi connectivity index (χ1n) is 16.0. The number of aliphatic carboxylic acids is 1. The minimum absolute atomic E-state index is 0.191. The maximum Gasteiger partial charge on any atom is 0.320 e. The van der Waals surface area contributed by atoms with Gasteiger partial charge in [0.1, 0.15) is 17.5 Å². The van der Waals surface area contributed by atoms with Crippen LogP contribution in [0.3, 0.4) is 0 Å². The van der Waals surface area contributed by atoms with Crippen molar-refractivity contribution in [3.63, 3.8) is 0 Å². The Hall–Kier alpha value is -3.36. The van der Waals surface area contributed by atoms with Crippen molar-refractivity contribution < 1.29 is 24.5 Å². The van der Waals surface area contributed by atoms with Gasteiger partial charge in [0, 0.05) is 36.8 Å². The molecule has 8 heteroatoms. The molecule has 2 unspecified atom stereocenters. The van der Waals surface area contributed by atoms with Gasteiger partial charge in [-0.15, -0.1) is 0 Å². The van der Waals surface area contributed by atoms with Crippen molar-refractivity contribution in [1.29, 1.82) is 0 Å². The largest absolute Gasteiger partial charge is 0.496 e. The molecule has 0 spiro atoms. The number of ether oxygens (including phenoxy) is 2. The fourth-order valence-electron chi connectivity index (χ4n) is 6.58. The first-order valence-corrected chi connectivity index (χ1v) is 16.4. The first-order chi connectivity index (χ1) is 21.7. The summed E-state index contributed by atoms with van der Waals surface area (Å²) in [6.07, 6.45) is 8.25. The third-order valence-corrected chi connectivity index (χ3v) is 9.52. The molecule has 0 amide bonds. The quantitative estimate of drug-likeness (QED) is 0.163. The van der Waals surface area contributed by atoms with E-state index in [0.717, 1.165) is 96.6 Å². The molecule has 0 bridgehead atoms. The number of β-amino-alcohol motifs (C(OH)–C–C–N with tert-alkyl or cyclic N) is 1. The maximum atomic E-state index is 11.8. The second-order valence-corrected chi connectivity index (χ2v) is 12.6. The molecular weight excluding hydrogens is 588 g/mol. The van der Waals surface area contributed by atoms with Crippen LogP contribution in [0.4, 0.5) is 0 Å². The number of methoxy groups -OCH3 is 1. The molecule has 45 heavy (non-hydrogen) atoms. The standard InChI is InChI=1S/C37H45ClN2O5/c1-25-27(14-15-28-22-36(44-3)29(21-33(28)38)23-40-18-5-4-12-34(40)37(42)43)9-6-10-31(25)32-11-7-13-35(26(32)2)45-20-8-17-39-19-16-30(41)24-39/h6-7,9-11,13-15,21-22,30,34,41H,4-5,8,12,16-20,23-24H2,1-3H3,(H,42,43). The van der Waals surface area contributed by atoms with Crippen LogP contribution in [0.2, 0.25) is 5.02 Å². The van der Waals surface area contributed by atoms with Gasteiger partial charge in [0.15, 0.2) is 0 Å². The second-order valence-electron chi connectivity index (χ2n) is 12.2. The molecule has 0 saturated carbocycles. The van der Waals surface area contributed by atoms with E-state index in [-0.39, 0.29) is 6.10 Å². The van der Waals surface area contributed by atoms with Crippen molar-refractivity contribution in [1.82, 2.24) is 9.80 Å². The zero-order valence-corrected chi connectivity index (χ0v) is 27.4. The molecule has 2 saturated heterocycles. The summed E-state index contributed by atoms with van der Waals surface area (Å²) in [4.78, 5) is 16.1. The summed E-state index contributed by atoms with van der Waals surface area (Å²) in [5.41, 5.74) is 7.38. The van der Waals surface area contributed by atoms with E-state index in [4.69, 9.17) is 21.1 Å². The molecule has 2 atom stereocenters. The molecule has 0 aliphatic carbocycles. The number of likely N-dealkylation sites (tertiary alicyclic amines) is 2. The van der Waals surface area contributed by atoms with Crippen LogP contribution in [0.25, 0.3) is 23.3 Å². The molecule has 0 radical (unpaired) electrons. The van der Waals surface area contributed by atoms with Gasteiger partial charge >= 0.3 is 5.97 Å². The lowest BCUT2D eigenvalue weighted by Gasteiger charge is -2.33. The monoisotopic (exact) mass is 632 g/mol. The average Bonchev–Trinajstić information content (AvgIpc) is 3.45. The van der Waals surface area contributed by atoms with E-state index in [1.54, 1.807) is 7.11 Å². The number of aliphatic hydroxyl groups excluding tert-OH is 1. The molecule has 3 aromatic carbocycles. The van der Waals surface area contributed by atoms with Crippen LogP contribution in [0, 0.1) is 13.8 Å². The van der Waals surface area contributed by atoms with Crippen LogP contribution in [0.1, 0.15) is 59.9 Å². The van der Waals surface area contributed by atoms with Crippen molar-refractivity contribution >= 4 is 29.7 Å². The molecule has 0 aromatic heterocycles. The Morgan fingerprint density at radius 1 is 0.978 bits per heavy atom. The SMILES string of the molecule is COc1cc(C=Cc2cccc(-c3cccc(OCCCN4CCC(O)C4)c3C)c2C)c(Cl)cc1CN1CCCCC1C(=O)O. The predicted molar refractivity (Wildman–Crippen MR) is 181 cm³/mol. The Balaban J connectivity index is 1.30. The highest BCUT2D eigenvalue weighted by molar-refractivity contribution is 6.32. The van der Waals surface area contributed by atoms with Crippen molar-refractivity contribution in [2.24, 2.45) is 0 Å². The number of hydrogen-bond acceptors (Lipinski definition) is 6. The molecule has 5 rings (SSSR count). The number of rotatable bonds is 12. The number of halogens is 1. The van der Waals surface area contributed by atoms with E-state index in [2.05, 4.69) is 49.1 Å². The van der Waals surface area contributed by atoms with Crippen molar-refractivity contribution in [3.05, 3.63) is 81.4 Å². The molecule has 2 heterocycles. The summed E-state index contributed by atoms with van der Waals surface area (Å²) in [5, 5.41) is 20.0. The van der Waals surface area contributed by atoms with E-state index in [0.29, 0.717) is 30.3 Å². The Morgan fingerprint density at radius 3 is 2.47 bits per heavy atom. The lowest BCUT2D eigenvalue weighted by atomic mass is 9.93. The number of hydrogen-bond donors (Lipinski definition) is 2. The zero-order valence-electron chi connectivity index (χ0n) is 26.6. The van der Waals surface area contributed by atoms with Gasteiger partial charge in [-0.05, 0) is 97.7 Å². The Morgan fingerprint density at radius 2 is 1.73 bits per heavy atom. The van der Waals surface area contributed by atoms with Gasteiger partial charge in [-0.1, -0.05) is 60.5 Å². The maximum absolute atomic E-state index is 11.8. The lowest BCUT2D eigenvalue weighted by Crippen LogP contribution is -2.44. The number of benzene rings is 3. The van der Waals surface area contributed by atoms with Crippen molar-refractivity contribution in [3.8, 4) is 22.6 Å². The normalized spacial score (nSPS) is 19.3. The van der Waals surface area contributed by atoms with Crippen molar-refractivity contribution in [2.45, 2.75) is 64.6 Å². The van der Waals surface area contributed by atoms with Gasteiger partial charge in [-0.25, -0.2) is 0 Å². The molecule has 240 valence electrons. The Bertz CT molecular complexity index is 1520. The van der Waals surface area contributed by atoms with Crippen LogP contribution >= 0.6 is 11.6 Å². The average molecular weight is 633 g/mol. The van der Waals surface area contributed by atoms with E-state index in [1.807, 2.05) is 35.2 Å². The predicted octanol–water partition coefficient (Wildman–Crippen LogP) is 7.08. The Kier molecular flexibility index (Phi) is 11.2. The molecule has 2 aliphatic rings. The highest BCUT2D eigenvalue weighted by Gasteiger charge is 2.29. The molecule has 2 aliphatic heterocycles. The Labute approximate surface area is 272 Å². The summed E-state index contributed by atoms with van der Waals surface area (Å²) >= 11 is 6.77. The topological polar surface area (TPSA) is 82.5 Å². The summed E-state index contributed by atoms with van der Waals surface area (Å²) in [7, 11) is 1.64. The number of carbonyl (C=O) groups is 1. The van der Waals surface area contributed by atoms with Crippen LogP contribution in [-0.2, 0) is 11.3 Å². The molecular formula is C37H45ClN2O5. The van der Waals surface area contributed by atoms with Crippen LogP contribution in [0.15, 0.2) is 48.5 Å². The van der Waals surface area contributed by atoms with Gasteiger partial charge in [-0.2, -0.15) is 0 Å². The van der Waals surface area contributed by atoms with Gasteiger partial charge in [0.05, 0.1) is 19.8 Å². The number of carboxylic acid groups (broad SMARTS) is 1.